The van der Waals surface area contributed by atoms with Gasteiger partial charge in [0, 0.05) is 29.5 Å². The van der Waals surface area contributed by atoms with Crippen molar-refractivity contribution in [2.75, 3.05) is 18.4 Å². The molecule has 1 aliphatic rings. The summed E-state index contributed by atoms with van der Waals surface area (Å²) in [6, 6.07) is 3.07. The number of nitrogens with zero attached hydrogens (tertiary/aromatic N) is 4. The van der Waals surface area contributed by atoms with Crippen LogP contribution in [-0.2, 0) is 6.18 Å². The molecule has 4 heterocycles. The Bertz CT molecular complexity index is 1010. The highest BCUT2D eigenvalue weighted by molar-refractivity contribution is 9.10. The van der Waals surface area contributed by atoms with Crippen molar-refractivity contribution in [1.29, 1.82) is 0 Å². The van der Waals surface area contributed by atoms with Crippen LogP contribution in [0, 0.1) is 5.95 Å². The van der Waals surface area contributed by atoms with Crippen LogP contribution in [0.4, 0.5) is 23.5 Å². The standard InChI is InChI=1S/C17H15BrF4N6/c18-9-3-4-12-13(15(19)27-28(12)8-9)14-11(17(20,21)22)7-24-16(26-14)25-10-2-1-5-23-6-10/h3-4,7-8,10,23H,1-2,5-6H2,(H,24,25,26)/t10-/m0/s1. The first-order valence-corrected chi connectivity index (χ1v) is 9.37. The Kier molecular flexibility index (Phi) is 4.96. The molecule has 28 heavy (non-hydrogen) atoms. The molecule has 0 spiro atoms. The fourth-order valence-electron chi connectivity index (χ4n) is 3.22. The van der Waals surface area contributed by atoms with Crippen molar-refractivity contribution < 1.29 is 17.6 Å². The van der Waals surface area contributed by atoms with Gasteiger partial charge in [0.1, 0.15) is 5.56 Å². The Morgan fingerprint density at radius 2 is 2.11 bits per heavy atom. The van der Waals surface area contributed by atoms with Crippen LogP contribution >= 0.6 is 15.9 Å². The summed E-state index contributed by atoms with van der Waals surface area (Å²) in [5.74, 6) is -1.01. The van der Waals surface area contributed by atoms with Crippen LogP contribution in [0.1, 0.15) is 18.4 Å². The first-order chi connectivity index (χ1) is 13.3. The molecule has 0 unspecified atom stereocenters. The third-order valence-corrected chi connectivity index (χ3v) is 4.98. The number of hydrogen-bond acceptors (Lipinski definition) is 5. The van der Waals surface area contributed by atoms with Gasteiger partial charge in [-0.1, -0.05) is 0 Å². The van der Waals surface area contributed by atoms with E-state index in [0.29, 0.717) is 17.2 Å². The van der Waals surface area contributed by atoms with Crippen molar-refractivity contribution in [2.45, 2.75) is 25.1 Å². The number of alkyl halides is 3. The van der Waals surface area contributed by atoms with Crippen LogP contribution in [0.25, 0.3) is 16.8 Å². The summed E-state index contributed by atoms with van der Waals surface area (Å²) in [5, 5.41) is 9.91. The predicted molar refractivity (Wildman–Crippen MR) is 98.4 cm³/mol. The van der Waals surface area contributed by atoms with Crippen molar-refractivity contribution in [2.24, 2.45) is 0 Å². The Morgan fingerprint density at radius 3 is 2.82 bits per heavy atom. The largest absolute Gasteiger partial charge is 0.420 e. The van der Waals surface area contributed by atoms with Crippen molar-refractivity contribution in [3.63, 3.8) is 0 Å². The molecule has 6 nitrogen and oxygen atoms in total. The van der Waals surface area contributed by atoms with Crippen molar-refractivity contribution >= 4 is 27.4 Å². The molecule has 0 radical (unpaired) electrons. The zero-order chi connectivity index (χ0) is 19.9. The number of nitrogens with one attached hydrogen (secondary N) is 2. The molecule has 1 saturated heterocycles. The number of rotatable bonds is 3. The van der Waals surface area contributed by atoms with E-state index in [9.17, 15) is 17.6 Å². The number of piperidine rings is 1. The summed E-state index contributed by atoms with van der Waals surface area (Å²) in [6.45, 7) is 1.54. The van der Waals surface area contributed by atoms with E-state index in [1.165, 1.54) is 16.8 Å². The van der Waals surface area contributed by atoms with E-state index < -0.39 is 23.4 Å². The smallest absolute Gasteiger partial charge is 0.350 e. The molecule has 0 aliphatic carbocycles. The predicted octanol–water partition coefficient (Wildman–Crippen LogP) is 3.88. The lowest BCUT2D eigenvalue weighted by Crippen LogP contribution is -2.38. The van der Waals surface area contributed by atoms with Crippen LogP contribution in [0.2, 0.25) is 0 Å². The second-order valence-corrected chi connectivity index (χ2v) is 7.40. The summed E-state index contributed by atoms with van der Waals surface area (Å²) in [7, 11) is 0. The molecule has 0 aromatic carbocycles. The van der Waals surface area contributed by atoms with E-state index in [-0.39, 0.29) is 23.1 Å². The van der Waals surface area contributed by atoms with Gasteiger partial charge in [-0.25, -0.2) is 14.5 Å². The third kappa shape index (κ3) is 3.68. The minimum absolute atomic E-state index is 0.0111. The first kappa shape index (κ1) is 19.1. The van der Waals surface area contributed by atoms with E-state index >= 15 is 0 Å². The van der Waals surface area contributed by atoms with Gasteiger partial charge >= 0.3 is 6.18 Å². The Labute approximate surface area is 165 Å². The van der Waals surface area contributed by atoms with Gasteiger partial charge < -0.3 is 10.6 Å². The number of anilines is 1. The van der Waals surface area contributed by atoms with Crippen LogP contribution in [0.3, 0.4) is 0 Å². The first-order valence-electron chi connectivity index (χ1n) is 8.58. The van der Waals surface area contributed by atoms with Gasteiger partial charge in [0.2, 0.25) is 11.9 Å². The lowest BCUT2D eigenvalue weighted by Gasteiger charge is -2.24. The topological polar surface area (TPSA) is 67.1 Å². The Morgan fingerprint density at radius 1 is 1.29 bits per heavy atom. The number of aromatic nitrogens is 4. The molecule has 148 valence electrons. The SMILES string of the molecule is Fc1nn2cc(Br)ccc2c1-c1nc(N[C@H]2CCCNC2)ncc1C(F)(F)F. The van der Waals surface area contributed by atoms with E-state index in [4.69, 9.17) is 0 Å². The fourth-order valence-corrected chi connectivity index (χ4v) is 3.55. The zero-order valence-corrected chi connectivity index (χ0v) is 16.0. The lowest BCUT2D eigenvalue weighted by molar-refractivity contribution is -0.137. The fraction of sp³-hybridized carbons (Fsp3) is 0.353. The van der Waals surface area contributed by atoms with Crippen LogP contribution in [0.5, 0.6) is 0 Å². The van der Waals surface area contributed by atoms with E-state index in [2.05, 4.69) is 41.6 Å². The normalized spacial score (nSPS) is 17.8. The quantitative estimate of drug-likeness (QED) is 0.583. The summed E-state index contributed by atoms with van der Waals surface area (Å²) in [5.41, 5.74) is -1.79. The highest BCUT2D eigenvalue weighted by Crippen LogP contribution is 2.38. The highest BCUT2D eigenvalue weighted by Gasteiger charge is 2.37. The van der Waals surface area contributed by atoms with Gasteiger partial charge in [0.25, 0.3) is 0 Å². The molecular weight excluding hydrogens is 444 g/mol. The van der Waals surface area contributed by atoms with Gasteiger partial charge in [-0.05, 0) is 47.4 Å². The maximum absolute atomic E-state index is 14.6. The molecule has 1 aliphatic heterocycles. The van der Waals surface area contributed by atoms with E-state index in [1.807, 2.05) is 0 Å². The molecule has 0 saturated carbocycles. The second-order valence-electron chi connectivity index (χ2n) is 6.48. The van der Waals surface area contributed by atoms with Gasteiger partial charge in [0.15, 0.2) is 0 Å². The second kappa shape index (κ2) is 7.28. The summed E-state index contributed by atoms with van der Waals surface area (Å²) >= 11 is 3.23. The zero-order valence-electron chi connectivity index (χ0n) is 14.4. The van der Waals surface area contributed by atoms with E-state index in [0.717, 1.165) is 19.4 Å². The number of halogens is 5. The molecule has 1 fully saturated rings. The molecule has 0 bridgehead atoms. The van der Waals surface area contributed by atoms with Crippen LogP contribution < -0.4 is 10.6 Å². The van der Waals surface area contributed by atoms with Gasteiger partial charge in [-0.2, -0.15) is 17.6 Å². The minimum atomic E-state index is -4.74. The monoisotopic (exact) mass is 458 g/mol. The van der Waals surface area contributed by atoms with Gasteiger partial charge in [-0.15, -0.1) is 5.10 Å². The third-order valence-electron chi connectivity index (χ3n) is 4.51. The highest BCUT2D eigenvalue weighted by atomic mass is 79.9. The van der Waals surface area contributed by atoms with Crippen molar-refractivity contribution in [3.8, 4) is 11.3 Å². The molecule has 3 aromatic rings. The number of hydrogen-bond donors (Lipinski definition) is 2. The minimum Gasteiger partial charge on any atom is -0.350 e. The van der Waals surface area contributed by atoms with Crippen molar-refractivity contribution in [3.05, 3.63) is 40.5 Å². The molecule has 3 aromatic heterocycles. The van der Waals surface area contributed by atoms with Gasteiger partial charge in [-0.3, -0.25) is 0 Å². The average molecular weight is 459 g/mol. The maximum Gasteiger partial charge on any atom is 0.420 e. The summed E-state index contributed by atoms with van der Waals surface area (Å²) < 4.78 is 57.0. The lowest BCUT2D eigenvalue weighted by atomic mass is 10.1. The number of fused-ring (bicyclic) bond motifs is 1. The van der Waals surface area contributed by atoms with Crippen molar-refractivity contribution in [1.82, 2.24) is 24.9 Å². The number of pyridine rings is 1. The maximum atomic E-state index is 14.6. The molecular formula is C17H15BrF4N6. The molecule has 4 rings (SSSR count). The molecule has 0 amide bonds. The molecule has 1 atom stereocenters. The van der Waals surface area contributed by atoms with Crippen LogP contribution in [0.15, 0.2) is 29.0 Å². The van der Waals surface area contributed by atoms with Crippen LogP contribution in [-0.4, -0.2) is 38.7 Å². The average Bonchev–Trinajstić information content (AvgIpc) is 2.96. The summed E-state index contributed by atoms with van der Waals surface area (Å²) in [6.07, 6.45) is -0.823. The summed E-state index contributed by atoms with van der Waals surface area (Å²) in [4.78, 5) is 7.84. The van der Waals surface area contributed by atoms with Gasteiger partial charge in [0.05, 0.1) is 16.8 Å². The van der Waals surface area contributed by atoms with E-state index in [1.54, 1.807) is 6.07 Å². The Balaban J connectivity index is 1.84. The molecule has 11 heteroatoms. The molecule has 2 N–H and O–H groups in total. The Hall–Kier alpha value is -2.27.